The quantitative estimate of drug-likeness (QED) is 0.297. The van der Waals surface area contributed by atoms with E-state index >= 15 is 0 Å². The molecule has 0 aliphatic carbocycles. The summed E-state index contributed by atoms with van der Waals surface area (Å²) in [4.78, 5) is 49.5. The maximum absolute atomic E-state index is 12.7. The maximum atomic E-state index is 12.7. The molecular weight excluding hydrogens is 474 g/mol. The number of carbonyl (C=O) groups excluding carboxylic acids is 3. The second-order valence-corrected chi connectivity index (χ2v) is 8.81. The predicted octanol–water partition coefficient (Wildman–Crippen LogP) is 3.57. The molecule has 2 aromatic carbocycles. The van der Waals surface area contributed by atoms with Crippen LogP contribution >= 0.6 is 11.3 Å². The highest BCUT2D eigenvalue weighted by Crippen LogP contribution is 2.35. The number of anilines is 2. The highest BCUT2D eigenvalue weighted by atomic mass is 32.1. The van der Waals surface area contributed by atoms with Gasteiger partial charge in [-0.1, -0.05) is 36.5 Å². The van der Waals surface area contributed by atoms with Gasteiger partial charge in [0, 0.05) is 42.3 Å². The number of methoxy groups -OCH3 is 1. The van der Waals surface area contributed by atoms with Crippen LogP contribution in [0.1, 0.15) is 50.5 Å². The van der Waals surface area contributed by atoms with Crippen molar-refractivity contribution in [3.8, 4) is 0 Å². The van der Waals surface area contributed by atoms with Crippen LogP contribution in [0.15, 0.2) is 42.5 Å². The molecular formula is C23H21N5O6S. The number of aryl methyl sites for hydroxylation is 1. The fourth-order valence-corrected chi connectivity index (χ4v) is 4.71. The first-order chi connectivity index (χ1) is 16.8. The Morgan fingerprint density at radius 2 is 1.97 bits per heavy atom. The molecule has 1 fully saturated rings. The lowest BCUT2D eigenvalue weighted by molar-refractivity contribution is -0.384. The van der Waals surface area contributed by atoms with Crippen LogP contribution in [0.25, 0.3) is 0 Å². The number of para-hydroxylation sites is 1. The average Bonchev–Trinajstić information content (AvgIpc) is 3.49. The molecule has 2 amide bonds. The van der Waals surface area contributed by atoms with E-state index in [4.69, 9.17) is 0 Å². The van der Waals surface area contributed by atoms with Gasteiger partial charge in [-0.05, 0) is 24.1 Å². The molecule has 2 heterocycles. The molecule has 12 heteroatoms. The van der Waals surface area contributed by atoms with Crippen molar-refractivity contribution >= 4 is 45.6 Å². The molecule has 35 heavy (non-hydrogen) atoms. The molecule has 0 radical (unpaired) electrons. The number of nitro benzene ring substituents is 1. The summed E-state index contributed by atoms with van der Waals surface area (Å²) in [5.74, 6) is -1.69. The second kappa shape index (κ2) is 9.97. The van der Waals surface area contributed by atoms with Crippen molar-refractivity contribution in [3.05, 3.63) is 74.3 Å². The zero-order valence-electron chi connectivity index (χ0n) is 18.9. The molecule has 3 aromatic rings. The molecule has 180 valence electrons. The first-order valence-electron chi connectivity index (χ1n) is 10.7. The Kier molecular flexibility index (Phi) is 6.82. The fourth-order valence-electron chi connectivity index (χ4n) is 3.88. The third-order valence-corrected chi connectivity index (χ3v) is 6.61. The van der Waals surface area contributed by atoms with Crippen LogP contribution < -0.4 is 10.2 Å². The number of aromatic nitrogens is 2. The van der Waals surface area contributed by atoms with E-state index in [1.54, 1.807) is 4.90 Å². The van der Waals surface area contributed by atoms with E-state index in [0.29, 0.717) is 11.6 Å². The first kappa shape index (κ1) is 24.0. The van der Waals surface area contributed by atoms with Crippen LogP contribution in [-0.2, 0) is 16.0 Å². The van der Waals surface area contributed by atoms with E-state index in [1.807, 2.05) is 31.2 Å². The van der Waals surface area contributed by atoms with Crippen molar-refractivity contribution in [1.29, 1.82) is 0 Å². The van der Waals surface area contributed by atoms with Crippen LogP contribution in [0.4, 0.5) is 16.5 Å². The molecule has 1 aliphatic heterocycles. The standard InChI is InChI=1S/C23H21N5O6S/c1-3-13-6-4-5-7-18(13)27-12-16(11-19(27)29)21-25-26-23(35-21)24-20(30)14-8-15(22(31)34-2)10-17(9-14)28(32)33/h4-10,16H,3,11-12H2,1-2H3,(H,24,26,30). The Balaban J connectivity index is 1.50. The van der Waals surface area contributed by atoms with Crippen molar-refractivity contribution < 1.29 is 24.0 Å². The van der Waals surface area contributed by atoms with E-state index in [2.05, 4.69) is 20.3 Å². The number of hydrogen-bond acceptors (Lipinski definition) is 9. The van der Waals surface area contributed by atoms with Gasteiger partial charge in [0.1, 0.15) is 5.01 Å². The van der Waals surface area contributed by atoms with Crippen LogP contribution in [0.2, 0.25) is 0 Å². The zero-order valence-corrected chi connectivity index (χ0v) is 19.7. The Hall–Kier alpha value is -4.19. The molecule has 4 rings (SSSR count). The maximum Gasteiger partial charge on any atom is 0.338 e. The predicted molar refractivity (Wildman–Crippen MR) is 128 cm³/mol. The number of amides is 2. The molecule has 0 bridgehead atoms. The molecule has 11 nitrogen and oxygen atoms in total. The Morgan fingerprint density at radius 1 is 1.23 bits per heavy atom. The van der Waals surface area contributed by atoms with Crippen LogP contribution in [0.3, 0.4) is 0 Å². The fraction of sp³-hybridized carbons (Fsp3) is 0.261. The van der Waals surface area contributed by atoms with Gasteiger partial charge in [-0.2, -0.15) is 0 Å². The van der Waals surface area contributed by atoms with E-state index in [-0.39, 0.29) is 34.5 Å². The average molecular weight is 496 g/mol. The summed E-state index contributed by atoms with van der Waals surface area (Å²) < 4.78 is 4.60. The van der Waals surface area contributed by atoms with Gasteiger partial charge in [0.2, 0.25) is 11.0 Å². The van der Waals surface area contributed by atoms with Crippen LogP contribution in [0.5, 0.6) is 0 Å². The topological polar surface area (TPSA) is 145 Å². The summed E-state index contributed by atoms with van der Waals surface area (Å²) in [6, 6.07) is 11.0. The molecule has 1 aromatic heterocycles. The van der Waals surface area contributed by atoms with Crippen molar-refractivity contribution in [1.82, 2.24) is 10.2 Å². The Morgan fingerprint density at radius 3 is 2.69 bits per heavy atom. The number of benzene rings is 2. The van der Waals surface area contributed by atoms with Crippen molar-refractivity contribution in [2.24, 2.45) is 0 Å². The molecule has 1 aliphatic rings. The number of non-ortho nitro benzene ring substituents is 1. The third kappa shape index (κ3) is 5.01. The van der Waals surface area contributed by atoms with Gasteiger partial charge < -0.3 is 9.64 Å². The SMILES string of the molecule is CCc1ccccc1N1CC(c2nnc(NC(=O)c3cc(C(=O)OC)cc([N+](=O)[O-])c3)s2)CC1=O. The van der Waals surface area contributed by atoms with Gasteiger partial charge >= 0.3 is 5.97 Å². The number of nitrogens with zero attached hydrogens (tertiary/aromatic N) is 4. The Bertz CT molecular complexity index is 1320. The minimum atomic E-state index is -0.805. The van der Waals surface area contributed by atoms with Crippen molar-refractivity contribution in [2.45, 2.75) is 25.7 Å². The van der Waals surface area contributed by atoms with E-state index in [9.17, 15) is 24.5 Å². The third-order valence-electron chi connectivity index (χ3n) is 5.61. The van der Waals surface area contributed by atoms with Crippen LogP contribution in [-0.4, -0.2) is 46.6 Å². The van der Waals surface area contributed by atoms with Gasteiger partial charge in [-0.15, -0.1) is 10.2 Å². The summed E-state index contributed by atoms with van der Waals surface area (Å²) in [6.07, 6.45) is 1.07. The first-order valence-corrected chi connectivity index (χ1v) is 11.5. The highest BCUT2D eigenvalue weighted by molar-refractivity contribution is 7.15. The van der Waals surface area contributed by atoms with Gasteiger partial charge in [-0.3, -0.25) is 25.0 Å². The van der Waals surface area contributed by atoms with E-state index < -0.39 is 22.5 Å². The molecule has 1 atom stereocenters. The molecule has 0 saturated carbocycles. The number of hydrogen-bond donors (Lipinski definition) is 1. The largest absolute Gasteiger partial charge is 0.465 e. The number of rotatable bonds is 7. The monoisotopic (exact) mass is 495 g/mol. The number of carbonyl (C=O) groups is 3. The summed E-state index contributed by atoms with van der Waals surface area (Å²) in [7, 11) is 1.14. The zero-order chi connectivity index (χ0) is 25.1. The van der Waals surface area contributed by atoms with Gasteiger partial charge in [-0.25, -0.2) is 4.79 Å². The lowest BCUT2D eigenvalue weighted by atomic mass is 10.1. The smallest absolute Gasteiger partial charge is 0.338 e. The number of nitrogens with one attached hydrogen (secondary N) is 1. The highest BCUT2D eigenvalue weighted by Gasteiger charge is 2.34. The van der Waals surface area contributed by atoms with Crippen LogP contribution in [0, 0.1) is 10.1 Å². The number of esters is 1. The molecule has 1 N–H and O–H groups in total. The van der Waals surface area contributed by atoms with E-state index in [1.165, 1.54) is 6.07 Å². The Labute approximate surface area is 203 Å². The van der Waals surface area contributed by atoms with Crippen molar-refractivity contribution in [3.63, 3.8) is 0 Å². The summed E-state index contributed by atoms with van der Waals surface area (Å²) in [5, 5.41) is 22.7. The summed E-state index contributed by atoms with van der Waals surface area (Å²) in [6.45, 7) is 2.48. The van der Waals surface area contributed by atoms with Gasteiger partial charge in [0.25, 0.3) is 11.6 Å². The minimum Gasteiger partial charge on any atom is -0.465 e. The van der Waals surface area contributed by atoms with Crippen molar-refractivity contribution in [2.75, 3.05) is 23.9 Å². The van der Waals surface area contributed by atoms with Gasteiger partial charge in [0.05, 0.1) is 17.6 Å². The summed E-state index contributed by atoms with van der Waals surface area (Å²) in [5.41, 5.74) is 1.31. The molecule has 1 saturated heterocycles. The lowest BCUT2D eigenvalue weighted by Crippen LogP contribution is -2.25. The number of ether oxygens (including phenoxy) is 1. The van der Waals surface area contributed by atoms with Gasteiger partial charge in [0.15, 0.2) is 0 Å². The normalized spacial score (nSPS) is 15.2. The molecule has 0 spiro atoms. The minimum absolute atomic E-state index is 0.0105. The number of nitro groups is 1. The summed E-state index contributed by atoms with van der Waals surface area (Å²) >= 11 is 1.13. The lowest BCUT2D eigenvalue weighted by Gasteiger charge is -2.19. The van der Waals surface area contributed by atoms with E-state index in [0.717, 1.165) is 48.3 Å². The second-order valence-electron chi connectivity index (χ2n) is 7.80. The molecule has 1 unspecified atom stereocenters.